The van der Waals surface area contributed by atoms with Gasteiger partial charge in [-0.3, -0.25) is 4.79 Å². The highest BCUT2D eigenvalue weighted by molar-refractivity contribution is 6.29. The maximum Gasteiger partial charge on any atom is 0.328 e. The van der Waals surface area contributed by atoms with Crippen LogP contribution in [0, 0.1) is 0 Å². The summed E-state index contributed by atoms with van der Waals surface area (Å²) in [6.07, 6.45) is 1.06. The van der Waals surface area contributed by atoms with Crippen LogP contribution in [0.15, 0.2) is 12.8 Å². The Labute approximate surface area is 53.1 Å². The molecule has 0 aromatic rings. The zero-order valence-corrected chi connectivity index (χ0v) is 5.31. The zero-order valence-electron chi connectivity index (χ0n) is 4.56. The second-order valence-corrected chi connectivity index (χ2v) is 1.87. The quantitative estimate of drug-likeness (QED) is 0.323. The molecular formula is C5H7ClO2. The highest BCUT2D eigenvalue weighted by atomic mass is 35.5. The van der Waals surface area contributed by atoms with E-state index in [1.165, 1.54) is 6.92 Å². The number of ether oxygens (including phenoxy) is 1. The largest absolute Gasteiger partial charge is 0.434 e. The smallest absolute Gasteiger partial charge is 0.328 e. The molecule has 0 aromatic heterocycles. The number of esters is 1. The van der Waals surface area contributed by atoms with Crippen molar-refractivity contribution in [3.63, 3.8) is 0 Å². The third kappa shape index (κ3) is 2.64. The highest BCUT2D eigenvalue weighted by Crippen LogP contribution is 1.95. The summed E-state index contributed by atoms with van der Waals surface area (Å²) in [4.78, 5) is 10.3. The lowest BCUT2D eigenvalue weighted by Crippen LogP contribution is -2.10. The van der Waals surface area contributed by atoms with Crippen LogP contribution in [0.25, 0.3) is 0 Å². The summed E-state index contributed by atoms with van der Waals surface area (Å²) in [6.45, 7) is 4.72. The van der Waals surface area contributed by atoms with E-state index >= 15 is 0 Å². The third-order valence-corrected chi connectivity index (χ3v) is 0.702. The second kappa shape index (κ2) is 3.50. The Morgan fingerprint density at radius 1 is 2.00 bits per heavy atom. The van der Waals surface area contributed by atoms with Gasteiger partial charge in [-0.1, -0.05) is 6.58 Å². The monoisotopic (exact) mass is 134 g/mol. The summed E-state index contributed by atoms with van der Waals surface area (Å²) in [5, 5.41) is -0.590. The van der Waals surface area contributed by atoms with Crippen LogP contribution < -0.4 is 0 Å². The van der Waals surface area contributed by atoms with E-state index in [4.69, 9.17) is 11.6 Å². The molecule has 0 saturated carbocycles. The van der Waals surface area contributed by atoms with Crippen LogP contribution in [0.1, 0.15) is 6.92 Å². The maximum atomic E-state index is 10.3. The van der Waals surface area contributed by atoms with Crippen molar-refractivity contribution in [1.82, 2.24) is 0 Å². The van der Waals surface area contributed by atoms with Crippen molar-refractivity contribution >= 4 is 17.6 Å². The molecule has 0 N–H and O–H groups in total. The Morgan fingerprint density at radius 2 is 2.50 bits per heavy atom. The molecule has 0 aromatic carbocycles. The number of halogens is 1. The number of hydrogen-bond donors (Lipinski definition) is 0. The lowest BCUT2D eigenvalue weighted by atomic mass is 10.5. The minimum absolute atomic E-state index is 0.471. The molecule has 0 rings (SSSR count). The van der Waals surface area contributed by atoms with Crippen LogP contribution in [0.4, 0.5) is 0 Å². The summed E-state index contributed by atoms with van der Waals surface area (Å²) in [6, 6.07) is 0. The summed E-state index contributed by atoms with van der Waals surface area (Å²) in [5.41, 5.74) is 0. The molecule has 0 bridgehead atoms. The maximum absolute atomic E-state index is 10.3. The highest BCUT2D eigenvalue weighted by Gasteiger charge is 2.07. The Hall–Kier alpha value is -0.500. The number of carbonyl (C=O) groups excluding carboxylic acids is 1. The summed E-state index contributed by atoms with van der Waals surface area (Å²) in [7, 11) is 0. The van der Waals surface area contributed by atoms with Crippen molar-refractivity contribution in [3.05, 3.63) is 12.8 Å². The molecule has 0 fully saturated rings. The molecular weight excluding hydrogens is 128 g/mol. The zero-order chi connectivity index (χ0) is 6.57. The molecule has 3 heteroatoms. The first kappa shape index (κ1) is 7.50. The van der Waals surface area contributed by atoms with Crippen molar-refractivity contribution < 1.29 is 9.53 Å². The molecule has 0 amide bonds. The van der Waals surface area contributed by atoms with E-state index < -0.39 is 11.3 Å². The number of alkyl halides is 1. The summed E-state index contributed by atoms with van der Waals surface area (Å²) < 4.78 is 4.30. The molecule has 0 spiro atoms. The SMILES string of the molecule is C=COC(=O)C(C)Cl. The first-order valence-corrected chi connectivity index (χ1v) is 2.57. The standard InChI is InChI=1S/C5H7ClO2/c1-3-8-5(7)4(2)6/h3-4H,1H2,2H3. The molecule has 0 aliphatic carbocycles. The van der Waals surface area contributed by atoms with Crippen LogP contribution in [0.2, 0.25) is 0 Å². The third-order valence-electron chi connectivity index (χ3n) is 0.524. The first-order valence-electron chi connectivity index (χ1n) is 2.14. The van der Waals surface area contributed by atoms with Gasteiger partial charge in [0, 0.05) is 0 Å². The number of hydrogen-bond acceptors (Lipinski definition) is 2. The van der Waals surface area contributed by atoms with Gasteiger partial charge in [0.05, 0.1) is 6.26 Å². The van der Waals surface area contributed by atoms with Gasteiger partial charge in [-0.25, -0.2) is 0 Å². The predicted molar refractivity (Wildman–Crippen MR) is 31.6 cm³/mol. The van der Waals surface area contributed by atoms with E-state index in [1.54, 1.807) is 0 Å². The van der Waals surface area contributed by atoms with E-state index in [0.717, 1.165) is 6.26 Å². The van der Waals surface area contributed by atoms with E-state index in [-0.39, 0.29) is 0 Å². The molecule has 1 unspecified atom stereocenters. The molecule has 8 heavy (non-hydrogen) atoms. The van der Waals surface area contributed by atoms with Gasteiger partial charge < -0.3 is 4.74 Å². The van der Waals surface area contributed by atoms with Gasteiger partial charge in [0.25, 0.3) is 0 Å². The molecule has 0 aliphatic heterocycles. The van der Waals surface area contributed by atoms with Gasteiger partial charge in [0.1, 0.15) is 5.38 Å². The van der Waals surface area contributed by atoms with Crippen LogP contribution in [-0.2, 0) is 9.53 Å². The molecule has 0 heterocycles. The molecule has 46 valence electrons. The van der Waals surface area contributed by atoms with Crippen molar-refractivity contribution in [1.29, 1.82) is 0 Å². The van der Waals surface area contributed by atoms with Crippen LogP contribution in [0.5, 0.6) is 0 Å². The fourth-order valence-electron chi connectivity index (χ4n) is 0.176. The van der Waals surface area contributed by atoms with E-state index in [1.807, 2.05) is 0 Å². The average molecular weight is 135 g/mol. The summed E-state index contributed by atoms with van der Waals surface area (Å²) in [5.74, 6) is -0.471. The number of carbonyl (C=O) groups is 1. The first-order chi connectivity index (χ1) is 3.68. The van der Waals surface area contributed by atoms with Gasteiger partial charge in [-0.15, -0.1) is 11.6 Å². The summed E-state index contributed by atoms with van der Waals surface area (Å²) >= 11 is 5.28. The molecule has 0 aliphatic rings. The minimum atomic E-state index is -0.590. The molecule has 0 radical (unpaired) electrons. The predicted octanol–water partition coefficient (Wildman–Crippen LogP) is 1.30. The normalized spacial score (nSPS) is 12.2. The van der Waals surface area contributed by atoms with Crippen molar-refractivity contribution in [2.45, 2.75) is 12.3 Å². The van der Waals surface area contributed by atoms with Crippen LogP contribution in [-0.4, -0.2) is 11.3 Å². The lowest BCUT2D eigenvalue weighted by Gasteiger charge is -1.96. The number of rotatable bonds is 2. The minimum Gasteiger partial charge on any atom is -0.434 e. The van der Waals surface area contributed by atoms with Gasteiger partial charge >= 0.3 is 5.97 Å². The van der Waals surface area contributed by atoms with Gasteiger partial charge in [0.2, 0.25) is 0 Å². The Morgan fingerprint density at radius 3 is 2.62 bits per heavy atom. The van der Waals surface area contributed by atoms with E-state index in [2.05, 4.69) is 11.3 Å². The fourth-order valence-corrected chi connectivity index (χ4v) is 0.227. The van der Waals surface area contributed by atoms with Crippen LogP contribution in [0.3, 0.4) is 0 Å². The Kier molecular flexibility index (Phi) is 3.28. The van der Waals surface area contributed by atoms with Crippen molar-refractivity contribution in [3.8, 4) is 0 Å². The molecule has 2 nitrogen and oxygen atoms in total. The Bertz CT molecular complexity index is 98.6. The topological polar surface area (TPSA) is 26.3 Å². The van der Waals surface area contributed by atoms with E-state index in [9.17, 15) is 4.79 Å². The van der Waals surface area contributed by atoms with Gasteiger partial charge in [0.15, 0.2) is 0 Å². The van der Waals surface area contributed by atoms with E-state index in [0.29, 0.717) is 0 Å². The fraction of sp³-hybridized carbons (Fsp3) is 0.400. The lowest BCUT2D eigenvalue weighted by molar-refractivity contribution is -0.137. The van der Waals surface area contributed by atoms with Crippen molar-refractivity contribution in [2.24, 2.45) is 0 Å². The van der Waals surface area contributed by atoms with Crippen molar-refractivity contribution in [2.75, 3.05) is 0 Å². The Balaban J connectivity index is 3.48. The molecule has 1 atom stereocenters. The average Bonchev–Trinajstić information content (AvgIpc) is 1.67. The van der Waals surface area contributed by atoms with Crippen LogP contribution >= 0.6 is 11.6 Å². The molecule has 0 saturated heterocycles. The van der Waals surface area contributed by atoms with Gasteiger partial charge in [-0.2, -0.15) is 0 Å². The second-order valence-electron chi connectivity index (χ2n) is 1.22. The van der Waals surface area contributed by atoms with Gasteiger partial charge in [-0.05, 0) is 6.92 Å².